The smallest absolute Gasteiger partial charge is 0.245 e. The van der Waals surface area contributed by atoms with Crippen LogP contribution in [0.5, 0.6) is 0 Å². The molecular weight excluding hydrogens is 350 g/mol. The second-order valence-electron chi connectivity index (χ2n) is 7.36. The van der Waals surface area contributed by atoms with Crippen molar-refractivity contribution in [3.05, 3.63) is 0 Å². The Balaban J connectivity index is 2.85. The summed E-state index contributed by atoms with van der Waals surface area (Å²) in [5.41, 5.74) is 10.9. The van der Waals surface area contributed by atoms with Crippen molar-refractivity contribution in [1.82, 2.24) is 15.5 Å². The van der Waals surface area contributed by atoms with Gasteiger partial charge in [-0.2, -0.15) is 0 Å². The van der Waals surface area contributed by atoms with Gasteiger partial charge in [0, 0.05) is 13.5 Å². The number of carbonyl (C=O) groups is 4. The SMILES string of the molecule is CC(=O)NC(CCCCN)C(=O)N1CCC[C@H]1C(=O)NC(C(N)=O)C(C)C. The van der Waals surface area contributed by atoms with E-state index in [1.165, 1.54) is 11.8 Å². The van der Waals surface area contributed by atoms with E-state index in [0.717, 1.165) is 6.42 Å². The molecule has 1 rings (SSSR count). The number of nitrogens with one attached hydrogen (secondary N) is 2. The average molecular weight is 383 g/mol. The largest absolute Gasteiger partial charge is 0.368 e. The first-order chi connectivity index (χ1) is 12.7. The van der Waals surface area contributed by atoms with Gasteiger partial charge in [-0.3, -0.25) is 19.2 Å². The maximum atomic E-state index is 13.0. The van der Waals surface area contributed by atoms with Gasteiger partial charge in [0.15, 0.2) is 0 Å². The van der Waals surface area contributed by atoms with Crippen LogP contribution < -0.4 is 22.1 Å². The van der Waals surface area contributed by atoms with Crippen LogP contribution in [-0.2, 0) is 19.2 Å². The van der Waals surface area contributed by atoms with Crippen LogP contribution in [0.1, 0.15) is 52.9 Å². The van der Waals surface area contributed by atoms with E-state index in [4.69, 9.17) is 11.5 Å². The third kappa shape index (κ3) is 6.82. The summed E-state index contributed by atoms with van der Waals surface area (Å²) in [5, 5.41) is 5.34. The van der Waals surface area contributed by atoms with Crippen molar-refractivity contribution in [2.75, 3.05) is 13.1 Å². The van der Waals surface area contributed by atoms with E-state index < -0.39 is 24.0 Å². The van der Waals surface area contributed by atoms with Crippen LogP contribution in [-0.4, -0.2) is 59.7 Å². The summed E-state index contributed by atoms with van der Waals surface area (Å²) in [6.45, 7) is 5.89. The second-order valence-corrected chi connectivity index (χ2v) is 7.36. The maximum Gasteiger partial charge on any atom is 0.245 e. The van der Waals surface area contributed by atoms with Gasteiger partial charge in [-0.05, 0) is 44.6 Å². The Morgan fingerprint density at radius 2 is 1.81 bits per heavy atom. The summed E-state index contributed by atoms with van der Waals surface area (Å²) < 4.78 is 0. The number of nitrogens with zero attached hydrogens (tertiary/aromatic N) is 1. The highest BCUT2D eigenvalue weighted by Crippen LogP contribution is 2.20. The molecule has 1 fully saturated rings. The Hall–Kier alpha value is -2.16. The molecule has 27 heavy (non-hydrogen) atoms. The molecule has 0 saturated carbocycles. The summed E-state index contributed by atoms with van der Waals surface area (Å²) >= 11 is 0. The highest BCUT2D eigenvalue weighted by atomic mass is 16.2. The minimum Gasteiger partial charge on any atom is -0.368 e. The van der Waals surface area contributed by atoms with Gasteiger partial charge < -0.3 is 27.0 Å². The van der Waals surface area contributed by atoms with Gasteiger partial charge in [-0.15, -0.1) is 0 Å². The highest BCUT2D eigenvalue weighted by Gasteiger charge is 2.38. The van der Waals surface area contributed by atoms with Gasteiger partial charge in [0.2, 0.25) is 23.6 Å². The van der Waals surface area contributed by atoms with E-state index >= 15 is 0 Å². The molecule has 154 valence electrons. The molecule has 1 heterocycles. The molecule has 1 aliphatic heterocycles. The van der Waals surface area contributed by atoms with Gasteiger partial charge in [-0.25, -0.2) is 0 Å². The summed E-state index contributed by atoms with van der Waals surface area (Å²) in [6.07, 6.45) is 3.12. The van der Waals surface area contributed by atoms with Gasteiger partial charge in [0.1, 0.15) is 18.1 Å². The Bertz CT molecular complexity index is 552. The second kappa shape index (κ2) is 10.9. The predicted octanol–water partition coefficient (Wildman–Crippen LogP) is -0.763. The molecule has 4 amide bonds. The van der Waals surface area contributed by atoms with Gasteiger partial charge in [0.05, 0.1) is 0 Å². The molecule has 6 N–H and O–H groups in total. The van der Waals surface area contributed by atoms with Crippen molar-refractivity contribution in [2.45, 2.75) is 71.0 Å². The van der Waals surface area contributed by atoms with Crippen molar-refractivity contribution < 1.29 is 19.2 Å². The van der Waals surface area contributed by atoms with E-state index in [0.29, 0.717) is 38.8 Å². The molecule has 0 aliphatic carbocycles. The fourth-order valence-corrected chi connectivity index (χ4v) is 3.31. The Morgan fingerprint density at radius 1 is 1.15 bits per heavy atom. The Kier molecular flexibility index (Phi) is 9.20. The topological polar surface area (TPSA) is 148 Å². The van der Waals surface area contributed by atoms with E-state index in [9.17, 15) is 19.2 Å². The summed E-state index contributed by atoms with van der Waals surface area (Å²) in [4.78, 5) is 50.1. The quantitative estimate of drug-likeness (QED) is 0.366. The minimum absolute atomic E-state index is 0.152. The number of amides is 4. The molecule has 1 saturated heterocycles. The molecule has 0 aromatic carbocycles. The molecule has 0 bridgehead atoms. The molecule has 2 unspecified atom stereocenters. The molecule has 3 atom stereocenters. The van der Waals surface area contributed by atoms with Crippen molar-refractivity contribution in [1.29, 1.82) is 0 Å². The first kappa shape index (κ1) is 22.9. The first-order valence-electron chi connectivity index (χ1n) is 9.56. The number of hydrogen-bond acceptors (Lipinski definition) is 5. The van der Waals surface area contributed by atoms with Crippen LogP contribution in [0.3, 0.4) is 0 Å². The van der Waals surface area contributed by atoms with Gasteiger partial charge in [0.25, 0.3) is 0 Å². The number of carbonyl (C=O) groups excluding carboxylic acids is 4. The average Bonchev–Trinajstić information content (AvgIpc) is 3.06. The fourth-order valence-electron chi connectivity index (χ4n) is 3.31. The van der Waals surface area contributed by atoms with Gasteiger partial charge >= 0.3 is 0 Å². The zero-order valence-electron chi connectivity index (χ0n) is 16.5. The van der Waals surface area contributed by atoms with Gasteiger partial charge in [-0.1, -0.05) is 13.8 Å². The summed E-state index contributed by atoms with van der Waals surface area (Å²) in [7, 11) is 0. The van der Waals surface area contributed by atoms with E-state index in [2.05, 4.69) is 10.6 Å². The molecule has 9 heteroatoms. The third-order valence-electron chi connectivity index (χ3n) is 4.73. The normalized spacial score (nSPS) is 18.9. The number of rotatable bonds is 10. The molecular formula is C18H33N5O4. The van der Waals surface area contributed by atoms with Crippen molar-refractivity contribution in [3.8, 4) is 0 Å². The van der Waals surface area contributed by atoms with Crippen molar-refractivity contribution in [3.63, 3.8) is 0 Å². The van der Waals surface area contributed by atoms with Crippen LogP contribution in [0.4, 0.5) is 0 Å². The van der Waals surface area contributed by atoms with Crippen LogP contribution in [0, 0.1) is 5.92 Å². The van der Waals surface area contributed by atoms with Crippen molar-refractivity contribution in [2.24, 2.45) is 17.4 Å². The standard InChI is InChI=1S/C18H33N5O4/c1-11(2)15(16(20)25)22-17(26)14-8-6-10-23(14)18(27)13(21-12(3)24)7-4-5-9-19/h11,13-15H,4-10,19H2,1-3H3,(H2,20,25)(H,21,24)(H,22,26)/t13?,14-,15?/m0/s1. The monoisotopic (exact) mass is 383 g/mol. The molecule has 0 aromatic rings. The summed E-state index contributed by atoms with van der Waals surface area (Å²) in [6, 6.07) is -2.13. The Morgan fingerprint density at radius 3 is 2.33 bits per heavy atom. The van der Waals surface area contributed by atoms with E-state index in [1.807, 2.05) is 0 Å². The van der Waals surface area contributed by atoms with Crippen LogP contribution in [0.25, 0.3) is 0 Å². The lowest BCUT2D eigenvalue weighted by atomic mass is 10.0. The molecule has 0 spiro atoms. The lowest BCUT2D eigenvalue weighted by molar-refractivity contribution is -0.142. The number of hydrogen-bond donors (Lipinski definition) is 4. The minimum atomic E-state index is -0.786. The number of unbranched alkanes of at least 4 members (excludes halogenated alkanes) is 1. The number of primary amides is 1. The van der Waals surface area contributed by atoms with Crippen molar-refractivity contribution >= 4 is 23.6 Å². The van der Waals surface area contributed by atoms with E-state index in [-0.39, 0.29) is 23.6 Å². The lowest BCUT2D eigenvalue weighted by Gasteiger charge is -2.30. The molecule has 9 nitrogen and oxygen atoms in total. The van der Waals surface area contributed by atoms with Crippen LogP contribution in [0.2, 0.25) is 0 Å². The molecule has 1 aliphatic rings. The van der Waals surface area contributed by atoms with Crippen LogP contribution >= 0.6 is 0 Å². The summed E-state index contributed by atoms with van der Waals surface area (Å²) in [5.74, 6) is -1.72. The number of nitrogens with two attached hydrogens (primary N) is 2. The highest BCUT2D eigenvalue weighted by molar-refractivity contribution is 5.94. The van der Waals surface area contributed by atoms with Crippen LogP contribution in [0.15, 0.2) is 0 Å². The third-order valence-corrected chi connectivity index (χ3v) is 4.73. The number of likely N-dealkylation sites (tertiary alicyclic amines) is 1. The lowest BCUT2D eigenvalue weighted by Crippen LogP contribution is -2.56. The molecule has 0 aromatic heterocycles. The first-order valence-corrected chi connectivity index (χ1v) is 9.56. The zero-order valence-corrected chi connectivity index (χ0v) is 16.5. The zero-order chi connectivity index (χ0) is 20.6. The van der Waals surface area contributed by atoms with E-state index in [1.54, 1.807) is 13.8 Å². The maximum absolute atomic E-state index is 13.0. The molecule has 0 radical (unpaired) electrons. The fraction of sp³-hybridized carbons (Fsp3) is 0.778. The Labute approximate surface area is 160 Å². The predicted molar refractivity (Wildman–Crippen MR) is 101 cm³/mol.